The highest BCUT2D eigenvalue weighted by Crippen LogP contribution is 2.29. The number of halogens is 3. The van der Waals surface area contributed by atoms with Crippen LogP contribution in [0.4, 0.5) is 18.9 Å². The molecule has 0 atom stereocenters. The number of nitro groups is 1. The van der Waals surface area contributed by atoms with Gasteiger partial charge in [0.1, 0.15) is 5.75 Å². The van der Waals surface area contributed by atoms with E-state index in [1.54, 1.807) is 0 Å². The molecule has 86 valence electrons. The lowest BCUT2D eigenvalue weighted by molar-refractivity contribution is -0.384. The number of ketones is 1. The summed E-state index contributed by atoms with van der Waals surface area (Å²) in [6.45, 7) is 0. The van der Waals surface area contributed by atoms with Crippen LogP contribution in [0.1, 0.15) is 10.4 Å². The van der Waals surface area contributed by atoms with Crippen molar-refractivity contribution in [2.45, 2.75) is 6.18 Å². The van der Waals surface area contributed by atoms with Gasteiger partial charge < -0.3 is 5.11 Å². The smallest absolute Gasteiger partial charge is 0.455 e. The molecule has 0 fully saturated rings. The zero-order chi connectivity index (χ0) is 12.5. The van der Waals surface area contributed by atoms with Crippen LogP contribution < -0.4 is 0 Å². The third-order valence-corrected chi connectivity index (χ3v) is 1.69. The fourth-order valence-corrected chi connectivity index (χ4v) is 0.972. The second kappa shape index (κ2) is 3.80. The highest BCUT2D eigenvalue weighted by molar-refractivity contribution is 6.02. The molecule has 0 heterocycles. The number of phenols is 1. The molecule has 0 aliphatic carbocycles. The summed E-state index contributed by atoms with van der Waals surface area (Å²) < 4.78 is 36.1. The topological polar surface area (TPSA) is 80.4 Å². The Morgan fingerprint density at radius 1 is 1.38 bits per heavy atom. The van der Waals surface area contributed by atoms with Gasteiger partial charge in [-0.3, -0.25) is 14.9 Å². The lowest BCUT2D eigenvalue weighted by Gasteiger charge is -2.06. The van der Waals surface area contributed by atoms with Gasteiger partial charge >= 0.3 is 6.18 Å². The molecule has 0 aromatic heterocycles. The van der Waals surface area contributed by atoms with Crippen LogP contribution in [-0.2, 0) is 0 Å². The van der Waals surface area contributed by atoms with E-state index in [9.17, 15) is 28.1 Å². The van der Waals surface area contributed by atoms with E-state index in [4.69, 9.17) is 5.11 Å². The minimum Gasteiger partial charge on any atom is -0.507 e. The van der Waals surface area contributed by atoms with E-state index in [2.05, 4.69) is 0 Å². The number of nitrogens with zero attached hydrogens (tertiary/aromatic N) is 1. The molecule has 5 nitrogen and oxygen atoms in total. The van der Waals surface area contributed by atoms with Crippen molar-refractivity contribution >= 4 is 11.5 Å². The van der Waals surface area contributed by atoms with Crippen molar-refractivity contribution in [3.05, 3.63) is 33.9 Å². The molecular formula is C8H4F3NO4. The first-order valence-corrected chi connectivity index (χ1v) is 3.82. The largest absolute Gasteiger partial charge is 0.507 e. The maximum atomic E-state index is 12.0. The molecule has 1 N–H and O–H groups in total. The quantitative estimate of drug-likeness (QED) is 0.483. The molecular weight excluding hydrogens is 231 g/mol. The summed E-state index contributed by atoms with van der Waals surface area (Å²) in [5.74, 6) is -3.28. The predicted octanol–water partition coefficient (Wildman–Crippen LogP) is 2.05. The second-order valence-corrected chi connectivity index (χ2v) is 2.79. The van der Waals surface area contributed by atoms with E-state index < -0.39 is 33.9 Å². The minimum absolute atomic E-state index is 0.380. The van der Waals surface area contributed by atoms with Gasteiger partial charge in [-0.2, -0.15) is 13.2 Å². The van der Waals surface area contributed by atoms with Crippen LogP contribution in [0.3, 0.4) is 0 Å². The first-order chi connectivity index (χ1) is 7.23. The number of hydrogen-bond donors (Lipinski definition) is 1. The van der Waals surface area contributed by atoms with Crippen molar-refractivity contribution in [2.24, 2.45) is 0 Å². The van der Waals surface area contributed by atoms with Crippen LogP contribution in [-0.4, -0.2) is 22.0 Å². The summed E-state index contributed by atoms with van der Waals surface area (Å²) in [6, 6.07) is 1.84. The van der Waals surface area contributed by atoms with Gasteiger partial charge in [0.15, 0.2) is 0 Å². The fraction of sp³-hybridized carbons (Fsp3) is 0.125. The number of non-ortho nitro benzene ring substituents is 1. The molecule has 0 unspecified atom stereocenters. The van der Waals surface area contributed by atoms with Crippen LogP contribution in [0.2, 0.25) is 0 Å². The van der Waals surface area contributed by atoms with Crippen molar-refractivity contribution in [1.82, 2.24) is 0 Å². The predicted molar refractivity (Wildman–Crippen MR) is 45.1 cm³/mol. The molecule has 1 aromatic rings. The molecule has 0 radical (unpaired) electrons. The van der Waals surface area contributed by atoms with Gasteiger partial charge in [0.2, 0.25) is 0 Å². The summed E-state index contributed by atoms with van der Waals surface area (Å²) in [5.41, 5.74) is -1.84. The Balaban J connectivity index is 3.28. The number of benzene rings is 1. The Kier molecular flexibility index (Phi) is 2.84. The third-order valence-electron chi connectivity index (χ3n) is 1.69. The van der Waals surface area contributed by atoms with Gasteiger partial charge in [-0.05, 0) is 6.07 Å². The molecule has 1 rings (SSSR count). The number of carbonyl (C=O) groups is 1. The number of Topliss-reactive ketones (excluding diaryl/α,β-unsaturated/α-hetero) is 1. The maximum Gasteiger partial charge on any atom is 0.455 e. The highest BCUT2D eigenvalue weighted by Gasteiger charge is 2.41. The Morgan fingerprint density at radius 3 is 2.38 bits per heavy atom. The summed E-state index contributed by atoms with van der Waals surface area (Å²) in [4.78, 5) is 20.1. The number of alkyl halides is 3. The number of carbonyl (C=O) groups excluding carboxylic acids is 1. The fourth-order valence-electron chi connectivity index (χ4n) is 0.972. The molecule has 8 heteroatoms. The summed E-state index contributed by atoms with van der Waals surface area (Å²) in [6.07, 6.45) is -5.19. The molecule has 0 bridgehead atoms. The summed E-state index contributed by atoms with van der Waals surface area (Å²) >= 11 is 0. The van der Waals surface area contributed by atoms with Gasteiger partial charge in [-0.15, -0.1) is 0 Å². The van der Waals surface area contributed by atoms with E-state index in [1.807, 2.05) is 0 Å². The lowest BCUT2D eigenvalue weighted by atomic mass is 10.1. The zero-order valence-electron chi connectivity index (χ0n) is 7.49. The molecule has 0 amide bonds. The van der Waals surface area contributed by atoms with Gasteiger partial charge in [0.25, 0.3) is 11.5 Å². The van der Waals surface area contributed by atoms with Crippen molar-refractivity contribution in [3.8, 4) is 5.75 Å². The molecule has 0 saturated carbocycles. The first-order valence-electron chi connectivity index (χ1n) is 3.82. The van der Waals surface area contributed by atoms with Gasteiger partial charge in [0.05, 0.1) is 10.5 Å². The maximum absolute atomic E-state index is 12.0. The highest BCUT2D eigenvalue weighted by atomic mass is 19.4. The van der Waals surface area contributed by atoms with Crippen molar-refractivity contribution in [1.29, 1.82) is 0 Å². The number of hydrogen-bond acceptors (Lipinski definition) is 4. The molecule has 0 spiro atoms. The van der Waals surface area contributed by atoms with E-state index in [0.717, 1.165) is 6.07 Å². The average Bonchev–Trinajstić information content (AvgIpc) is 2.15. The SMILES string of the molecule is O=C(c1cc([N+](=O)[O-])ccc1O)C(F)(F)F. The number of nitro benzene ring substituents is 1. The Hall–Kier alpha value is -2.12. The molecule has 16 heavy (non-hydrogen) atoms. The summed E-state index contributed by atoms with van der Waals surface area (Å²) in [7, 11) is 0. The van der Waals surface area contributed by atoms with Crippen LogP contribution in [0.5, 0.6) is 5.75 Å². The lowest BCUT2D eigenvalue weighted by Crippen LogP contribution is -2.22. The standard InChI is InChI=1S/C8H4F3NO4/c9-8(10,11)7(14)5-3-4(12(15)16)1-2-6(5)13/h1-3,13H. The van der Waals surface area contributed by atoms with E-state index in [0.29, 0.717) is 12.1 Å². The molecule has 1 aromatic carbocycles. The van der Waals surface area contributed by atoms with E-state index in [1.165, 1.54) is 0 Å². The second-order valence-electron chi connectivity index (χ2n) is 2.79. The van der Waals surface area contributed by atoms with Crippen LogP contribution in [0.25, 0.3) is 0 Å². The third kappa shape index (κ3) is 2.27. The Bertz CT molecular complexity index is 455. The molecule has 0 saturated heterocycles. The van der Waals surface area contributed by atoms with Gasteiger partial charge in [0, 0.05) is 12.1 Å². The van der Waals surface area contributed by atoms with Gasteiger partial charge in [-0.1, -0.05) is 0 Å². The van der Waals surface area contributed by atoms with Crippen molar-refractivity contribution in [3.63, 3.8) is 0 Å². The number of rotatable bonds is 2. The summed E-state index contributed by atoms with van der Waals surface area (Å²) in [5, 5.41) is 19.3. The number of phenolic OH excluding ortho intramolecular Hbond substituents is 1. The average molecular weight is 235 g/mol. The van der Waals surface area contributed by atoms with Crippen LogP contribution in [0.15, 0.2) is 18.2 Å². The van der Waals surface area contributed by atoms with Crippen LogP contribution >= 0.6 is 0 Å². The zero-order valence-corrected chi connectivity index (χ0v) is 7.49. The molecule has 0 aliphatic heterocycles. The number of aromatic hydroxyl groups is 1. The Labute approximate surface area is 86.3 Å². The van der Waals surface area contributed by atoms with E-state index >= 15 is 0 Å². The van der Waals surface area contributed by atoms with Crippen molar-refractivity contribution in [2.75, 3.05) is 0 Å². The minimum atomic E-state index is -5.19. The normalized spacial score (nSPS) is 11.2. The first kappa shape index (κ1) is 12.0. The van der Waals surface area contributed by atoms with Crippen molar-refractivity contribution < 1.29 is 28.0 Å². The van der Waals surface area contributed by atoms with E-state index in [-0.39, 0.29) is 0 Å². The monoisotopic (exact) mass is 235 g/mol. The Morgan fingerprint density at radius 2 is 1.94 bits per heavy atom. The van der Waals surface area contributed by atoms with Gasteiger partial charge in [-0.25, -0.2) is 0 Å². The molecule has 0 aliphatic rings. The van der Waals surface area contributed by atoms with Crippen LogP contribution in [0, 0.1) is 10.1 Å².